The summed E-state index contributed by atoms with van der Waals surface area (Å²) >= 11 is 0. The molecular formula is C26H27F3N6O5. The SMILES string of the molecule is C[C@@H](C(=O)Nc1cnc(Oc2cc(F)c(F)cc2F)cn1)N1CCN(C(=O)c2cc[n+]([O-])c(CO)c2)C(C)(C)C1. The number of halogens is 3. The van der Waals surface area contributed by atoms with E-state index in [0.29, 0.717) is 36.5 Å². The van der Waals surface area contributed by atoms with Gasteiger partial charge in [0.1, 0.15) is 6.61 Å². The van der Waals surface area contributed by atoms with Gasteiger partial charge in [-0.2, -0.15) is 4.73 Å². The lowest BCUT2D eigenvalue weighted by Gasteiger charge is -2.48. The van der Waals surface area contributed by atoms with E-state index in [0.717, 1.165) is 6.20 Å². The van der Waals surface area contributed by atoms with E-state index >= 15 is 0 Å². The summed E-state index contributed by atoms with van der Waals surface area (Å²) in [6.45, 7) is 6.02. The molecule has 11 nitrogen and oxygen atoms in total. The zero-order valence-corrected chi connectivity index (χ0v) is 21.9. The molecule has 3 aromatic rings. The molecule has 1 saturated heterocycles. The van der Waals surface area contributed by atoms with Crippen LogP contribution in [0.25, 0.3) is 0 Å². The first-order valence-corrected chi connectivity index (χ1v) is 12.2. The molecule has 14 heteroatoms. The van der Waals surface area contributed by atoms with Gasteiger partial charge in [0.15, 0.2) is 35.2 Å². The van der Waals surface area contributed by atoms with Gasteiger partial charge in [0.25, 0.3) is 5.91 Å². The van der Waals surface area contributed by atoms with Crippen molar-refractivity contribution < 1.29 is 37.3 Å². The predicted octanol–water partition coefficient (Wildman–Crippen LogP) is 2.38. The first kappa shape index (κ1) is 28.7. The van der Waals surface area contributed by atoms with Crippen molar-refractivity contribution in [3.63, 3.8) is 0 Å². The van der Waals surface area contributed by atoms with Crippen molar-refractivity contribution in [2.75, 3.05) is 25.0 Å². The molecule has 4 rings (SSSR count). The summed E-state index contributed by atoms with van der Waals surface area (Å²) in [5.41, 5.74) is -0.325. The minimum Gasteiger partial charge on any atom is -0.618 e. The molecule has 1 fully saturated rings. The van der Waals surface area contributed by atoms with E-state index in [1.807, 2.05) is 18.7 Å². The summed E-state index contributed by atoms with van der Waals surface area (Å²) in [7, 11) is 0. The lowest BCUT2D eigenvalue weighted by Crippen LogP contribution is -2.63. The van der Waals surface area contributed by atoms with Gasteiger partial charge in [-0.25, -0.2) is 23.1 Å². The normalized spacial score (nSPS) is 15.9. The van der Waals surface area contributed by atoms with Crippen LogP contribution in [0.5, 0.6) is 11.6 Å². The standard InChI is InChI=1S/C26H27F3N6O5/c1-15(24(37)32-22-11-31-23(12-30-22)40-21-10-19(28)18(27)9-20(21)29)33-6-7-34(26(2,3)14-33)25(38)16-4-5-35(39)17(8-16)13-36/h4-5,8-12,15,36H,6-7,13-14H2,1-3H3,(H,30,32,37)/t15-/m0/s1. The molecule has 212 valence electrons. The molecule has 0 unspecified atom stereocenters. The number of anilines is 1. The van der Waals surface area contributed by atoms with Crippen molar-refractivity contribution in [3.05, 3.63) is 76.8 Å². The highest BCUT2D eigenvalue weighted by Crippen LogP contribution is 2.27. The molecule has 1 aliphatic heterocycles. The quantitative estimate of drug-likeness (QED) is 0.256. The van der Waals surface area contributed by atoms with Crippen LogP contribution in [0.1, 0.15) is 36.8 Å². The van der Waals surface area contributed by atoms with Gasteiger partial charge >= 0.3 is 0 Å². The summed E-state index contributed by atoms with van der Waals surface area (Å²) in [5.74, 6) is -5.14. The Labute approximate surface area is 227 Å². The second-order valence-electron chi connectivity index (χ2n) is 9.83. The fourth-order valence-corrected chi connectivity index (χ4v) is 4.36. The van der Waals surface area contributed by atoms with Gasteiger partial charge in [-0.05, 0) is 20.8 Å². The summed E-state index contributed by atoms with van der Waals surface area (Å²) in [5, 5.41) is 23.7. The van der Waals surface area contributed by atoms with E-state index < -0.39 is 41.4 Å². The van der Waals surface area contributed by atoms with Gasteiger partial charge in [0.2, 0.25) is 17.5 Å². The molecule has 0 saturated carbocycles. The number of ether oxygens (including phenoxy) is 1. The van der Waals surface area contributed by atoms with Crippen LogP contribution < -0.4 is 14.8 Å². The molecule has 1 atom stereocenters. The topological polar surface area (TPSA) is 135 Å². The van der Waals surface area contributed by atoms with Crippen LogP contribution >= 0.6 is 0 Å². The number of piperazine rings is 1. The van der Waals surface area contributed by atoms with Crippen molar-refractivity contribution in [1.82, 2.24) is 19.8 Å². The zero-order valence-electron chi connectivity index (χ0n) is 21.9. The molecule has 0 bridgehead atoms. The van der Waals surface area contributed by atoms with Crippen molar-refractivity contribution >= 4 is 17.6 Å². The van der Waals surface area contributed by atoms with E-state index in [9.17, 15) is 33.1 Å². The highest BCUT2D eigenvalue weighted by Gasteiger charge is 2.40. The maximum absolute atomic E-state index is 13.8. The lowest BCUT2D eigenvalue weighted by atomic mass is 9.96. The number of carbonyl (C=O) groups is 2. The first-order chi connectivity index (χ1) is 18.9. The van der Waals surface area contributed by atoms with Crippen LogP contribution in [0.2, 0.25) is 0 Å². The highest BCUT2D eigenvalue weighted by molar-refractivity contribution is 5.95. The van der Waals surface area contributed by atoms with Crippen LogP contribution in [0, 0.1) is 22.7 Å². The number of aromatic nitrogens is 3. The Morgan fingerprint density at radius 2 is 1.88 bits per heavy atom. The van der Waals surface area contributed by atoms with Crippen molar-refractivity contribution in [3.8, 4) is 11.6 Å². The number of rotatable bonds is 7. The zero-order chi connectivity index (χ0) is 29.2. The van der Waals surface area contributed by atoms with Gasteiger partial charge in [-0.1, -0.05) is 0 Å². The second kappa shape index (κ2) is 11.4. The number of nitrogens with zero attached hydrogens (tertiary/aromatic N) is 5. The Kier molecular flexibility index (Phi) is 8.21. The monoisotopic (exact) mass is 560 g/mol. The number of hydrogen-bond donors (Lipinski definition) is 2. The largest absolute Gasteiger partial charge is 0.618 e. The molecule has 0 spiro atoms. The van der Waals surface area contributed by atoms with Gasteiger partial charge in [0, 0.05) is 43.9 Å². The molecule has 1 aromatic carbocycles. The Hall–Kier alpha value is -4.30. The highest BCUT2D eigenvalue weighted by atomic mass is 19.2. The number of benzene rings is 1. The number of aliphatic hydroxyl groups excluding tert-OH is 1. The third-order valence-corrected chi connectivity index (χ3v) is 6.58. The Morgan fingerprint density at radius 3 is 2.52 bits per heavy atom. The van der Waals surface area contributed by atoms with Crippen molar-refractivity contribution in [1.29, 1.82) is 0 Å². The fourth-order valence-electron chi connectivity index (χ4n) is 4.36. The van der Waals surface area contributed by atoms with Crippen molar-refractivity contribution in [2.24, 2.45) is 0 Å². The smallest absolute Gasteiger partial charge is 0.254 e. The molecule has 2 aromatic heterocycles. The Morgan fingerprint density at radius 1 is 1.15 bits per heavy atom. The fraction of sp³-hybridized carbons (Fsp3) is 0.346. The first-order valence-electron chi connectivity index (χ1n) is 12.2. The summed E-state index contributed by atoms with van der Waals surface area (Å²) < 4.78 is 45.9. The van der Waals surface area contributed by atoms with E-state index in [-0.39, 0.29) is 34.8 Å². The number of aliphatic hydroxyl groups is 1. The van der Waals surface area contributed by atoms with E-state index in [4.69, 9.17) is 4.74 Å². The molecule has 2 amide bonds. The van der Waals surface area contributed by atoms with Crippen LogP contribution in [0.15, 0.2) is 42.9 Å². The van der Waals surface area contributed by atoms with Crippen molar-refractivity contribution in [2.45, 2.75) is 39.0 Å². The molecule has 40 heavy (non-hydrogen) atoms. The van der Waals surface area contributed by atoms with Gasteiger partial charge < -0.3 is 25.3 Å². The predicted molar refractivity (Wildman–Crippen MR) is 135 cm³/mol. The minimum absolute atomic E-state index is 0.0618. The summed E-state index contributed by atoms with van der Waals surface area (Å²) in [4.78, 5) is 37.6. The van der Waals surface area contributed by atoms with Gasteiger partial charge in [-0.15, -0.1) is 0 Å². The van der Waals surface area contributed by atoms with E-state index in [2.05, 4.69) is 15.3 Å². The van der Waals surface area contributed by atoms with Gasteiger partial charge in [0.05, 0.1) is 29.5 Å². The molecule has 2 N–H and O–H groups in total. The Bertz CT molecular complexity index is 1420. The third kappa shape index (κ3) is 6.13. The van der Waals surface area contributed by atoms with Crippen LogP contribution in [0.4, 0.5) is 19.0 Å². The van der Waals surface area contributed by atoms with E-state index in [1.165, 1.54) is 24.5 Å². The number of nitrogens with one attached hydrogen (secondary N) is 1. The maximum atomic E-state index is 13.8. The van der Waals surface area contributed by atoms with Crippen LogP contribution in [-0.4, -0.2) is 67.9 Å². The average Bonchev–Trinajstić information content (AvgIpc) is 2.91. The molecular weight excluding hydrogens is 533 g/mol. The second-order valence-corrected chi connectivity index (χ2v) is 9.83. The average molecular weight is 561 g/mol. The van der Waals surface area contributed by atoms with Crippen LogP contribution in [-0.2, 0) is 11.4 Å². The lowest BCUT2D eigenvalue weighted by molar-refractivity contribution is -0.616. The molecule has 0 radical (unpaired) electrons. The molecule has 0 aliphatic carbocycles. The number of carbonyl (C=O) groups excluding carboxylic acids is 2. The van der Waals surface area contributed by atoms with Crippen LogP contribution in [0.3, 0.4) is 0 Å². The molecule has 3 heterocycles. The number of hydrogen-bond acceptors (Lipinski definition) is 8. The Balaban J connectivity index is 1.36. The summed E-state index contributed by atoms with van der Waals surface area (Å²) in [6.07, 6.45) is 3.44. The van der Waals surface area contributed by atoms with E-state index in [1.54, 1.807) is 11.8 Å². The molecule has 1 aliphatic rings. The summed E-state index contributed by atoms with van der Waals surface area (Å²) in [6, 6.07) is 3.05. The number of amides is 2. The third-order valence-electron chi connectivity index (χ3n) is 6.58. The number of pyridine rings is 1. The van der Waals surface area contributed by atoms with Gasteiger partial charge in [-0.3, -0.25) is 14.5 Å². The minimum atomic E-state index is -1.36. The maximum Gasteiger partial charge on any atom is 0.254 e.